The molecule has 1 aromatic carbocycles. The maximum Gasteiger partial charge on any atom is 0.335 e. The predicted molar refractivity (Wildman–Crippen MR) is 87.7 cm³/mol. The van der Waals surface area contributed by atoms with E-state index in [9.17, 15) is 4.79 Å². The Hall–Kier alpha value is -3.62. The minimum Gasteiger partial charge on any atom is -0.478 e. The molecule has 0 aliphatic heterocycles. The number of hydrogen-bond acceptors (Lipinski definition) is 8. The summed E-state index contributed by atoms with van der Waals surface area (Å²) in [6.45, 7) is 1.77. The largest absolute Gasteiger partial charge is 0.478 e. The Morgan fingerprint density at radius 2 is 1.83 bits per heavy atom. The third-order valence-corrected chi connectivity index (χ3v) is 3.15. The number of hydrogen-bond donors (Lipinski definition) is 4. The number of carbonyl (C=O) groups is 1. The van der Waals surface area contributed by atoms with Crippen LogP contribution in [0.4, 0.5) is 28.8 Å². The molecule has 9 nitrogen and oxygen atoms in total. The lowest BCUT2D eigenvalue weighted by atomic mass is 10.2. The van der Waals surface area contributed by atoms with E-state index in [-0.39, 0.29) is 5.56 Å². The Balaban J connectivity index is 1.81. The predicted octanol–water partition coefficient (Wildman–Crippen LogP) is 2.54. The van der Waals surface area contributed by atoms with Crippen LogP contribution in [-0.4, -0.2) is 26.2 Å². The minimum absolute atomic E-state index is 0.194. The Labute approximate surface area is 136 Å². The number of aromatic carboxylic acids is 1. The first-order valence-corrected chi connectivity index (χ1v) is 6.94. The maximum absolute atomic E-state index is 10.9. The third-order valence-electron chi connectivity index (χ3n) is 3.15. The van der Waals surface area contributed by atoms with Gasteiger partial charge >= 0.3 is 5.97 Å². The molecule has 3 rings (SSSR count). The van der Waals surface area contributed by atoms with Crippen LogP contribution in [0.15, 0.2) is 41.2 Å². The van der Waals surface area contributed by atoms with Crippen LogP contribution >= 0.6 is 0 Å². The van der Waals surface area contributed by atoms with Gasteiger partial charge in [-0.15, -0.1) is 0 Å². The molecule has 0 saturated carbocycles. The molecule has 3 aromatic rings. The van der Waals surface area contributed by atoms with Gasteiger partial charge in [0.15, 0.2) is 17.5 Å². The van der Waals surface area contributed by atoms with Crippen LogP contribution < -0.4 is 16.4 Å². The number of nitrogens with one attached hydrogen (secondary N) is 2. The standard InChI is InChI=1S/C15H14N6O3/c1-8-6-11(21-24-8)20-14-12(16)13(17-7-18-14)19-10-4-2-9(3-5-10)15(22)23/h2-7H,16H2,1H3,(H,22,23)(H2,17,18,19,20,21). The third kappa shape index (κ3) is 3.24. The van der Waals surface area contributed by atoms with Gasteiger partial charge in [-0.3, -0.25) is 0 Å². The van der Waals surface area contributed by atoms with Gasteiger partial charge in [-0.2, -0.15) is 0 Å². The van der Waals surface area contributed by atoms with E-state index in [0.717, 1.165) is 0 Å². The molecule has 0 spiro atoms. The fourth-order valence-corrected chi connectivity index (χ4v) is 1.97. The lowest BCUT2D eigenvalue weighted by Crippen LogP contribution is -2.05. The number of benzene rings is 1. The molecule has 0 amide bonds. The zero-order chi connectivity index (χ0) is 17.1. The van der Waals surface area contributed by atoms with Crippen LogP contribution in [0.3, 0.4) is 0 Å². The summed E-state index contributed by atoms with van der Waals surface area (Å²) in [5, 5.41) is 18.7. The van der Waals surface area contributed by atoms with Gasteiger partial charge in [0.25, 0.3) is 0 Å². The van der Waals surface area contributed by atoms with Gasteiger partial charge in [0.05, 0.1) is 5.56 Å². The van der Waals surface area contributed by atoms with Gasteiger partial charge in [-0.1, -0.05) is 5.16 Å². The normalized spacial score (nSPS) is 10.4. The average Bonchev–Trinajstić information content (AvgIpc) is 2.97. The van der Waals surface area contributed by atoms with Crippen molar-refractivity contribution >= 4 is 34.8 Å². The number of aromatic nitrogens is 3. The van der Waals surface area contributed by atoms with E-state index in [1.165, 1.54) is 18.5 Å². The highest BCUT2D eigenvalue weighted by Crippen LogP contribution is 2.27. The monoisotopic (exact) mass is 326 g/mol. The van der Waals surface area contributed by atoms with E-state index in [1.54, 1.807) is 25.1 Å². The van der Waals surface area contributed by atoms with E-state index in [0.29, 0.717) is 34.6 Å². The van der Waals surface area contributed by atoms with Gasteiger partial charge in [-0.05, 0) is 31.2 Å². The summed E-state index contributed by atoms with van der Waals surface area (Å²) in [4.78, 5) is 19.0. The van der Waals surface area contributed by atoms with Crippen LogP contribution in [0.5, 0.6) is 0 Å². The minimum atomic E-state index is -0.988. The highest BCUT2D eigenvalue weighted by atomic mass is 16.5. The molecule has 5 N–H and O–H groups in total. The highest BCUT2D eigenvalue weighted by Gasteiger charge is 2.11. The first-order valence-electron chi connectivity index (χ1n) is 6.94. The van der Waals surface area contributed by atoms with Gasteiger partial charge in [0.2, 0.25) is 0 Å². The summed E-state index contributed by atoms with van der Waals surface area (Å²) < 4.78 is 4.97. The van der Waals surface area contributed by atoms with E-state index in [1.807, 2.05) is 0 Å². The van der Waals surface area contributed by atoms with Crippen LogP contribution in [0.25, 0.3) is 0 Å². The lowest BCUT2D eigenvalue weighted by molar-refractivity contribution is 0.0697. The second-order valence-electron chi connectivity index (χ2n) is 4.94. The van der Waals surface area contributed by atoms with Crippen molar-refractivity contribution in [1.82, 2.24) is 15.1 Å². The Morgan fingerprint density at radius 3 is 2.42 bits per heavy atom. The highest BCUT2D eigenvalue weighted by molar-refractivity contribution is 5.88. The van der Waals surface area contributed by atoms with Crippen molar-refractivity contribution in [1.29, 1.82) is 0 Å². The summed E-state index contributed by atoms with van der Waals surface area (Å²) in [5.74, 6) is 0.910. The maximum atomic E-state index is 10.9. The Bertz CT molecular complexity index is 875. The molecule has 0 fully saturated rings. The number of carboxylic acids is 1. The number of aryl methyl sites for hydroxylation is 1. The summed E-state index contributed by atoms with van der Waals surface area (Å²) in [6, 6.07) is 7.93. The van der Waals surface area contributed by atoms with Crippen LogP contribution in [0.2, 0.25) is 0 Å². The molecule has 24 heavy (non-hydrogen) atoms. The summed E-state index contributed by atoms with van der Waals surface area (Å²) in [7, 11) is 0. The number of anilines is 5. The zero-order valence-electron chi connectivity index (χ0n) is 12.6. The van der Waals surface area contributed by atoms with Crippen LogP contribution in [0.1, 0.15) is 16.1 Å². The van der Waals surface area contributed by atoms with Gasteiger partial charge < -0.3 is 26.0 Å². The number of nitrogen functional groups attached to an aromatic ring is 1. The second-order valence-corrected chi connectivity index (χ2v) is 4.94. The molecular formula is C15H14N6O3. The SMILES string of the molecule is Cc1cc(Nc2ncnc(Nc3ccc(C(=O)O)cc3)c2N)no1. The van der Waals surface area contributed by atoms with Gasteiger partial charge in [0.1, 0.15) is 17.8 Å². The molecule has 2 heterocycles. The number of carboxylic acid groups (broad SMARTS) is 1. The molecule has 0 atom stereocenters. The molecule has 2 aromatic heterocycles. The van der Waals surface area contributed by atoms with Gasteiger partial charge in [-0.25, -0.2) is 14.8 Å². The van der Waals surface area contributed by atoms with E-state index in [2.05, 4.69) is 25.8 Å². The fraction of sp³-hybridized carbons (Fsp3) is 0.0667. The molecule has 0 unspecified atom stereocenters. The first kappa shape index (κ1) is 15.3. The van der Waals surface area contributed by atoms with Crippen molar-refractivity contribution in [3.63, 3.8) is 0 Å². The zero-order valence-corrected chi connectivity index (χ0v) is 12.6. The topological polar surface area (TPSA) is 139 Å². The van der Waals surface area contributed by atoms with Crippen LogP contribution in [-0.2, 0) is 0 Å². The van der Waals surface area contributed by atoms with Gasteiger partial charge in [0, 0.05) is 11.8 Å². The van der Waals surface area contributed by atoms with E-state index < -0.39 is 5.97 Å². The smallest absolute Gasteiger partial charge is 0.335 e. The Morgan fingerprint density at radius 1 is 1.17 bits per heavy atom. The van der Waals surface area contributed by atoms with Crippen molar-refractivity contribution in [2.75, 3.05) is 16.4 Å². The quantitative estimate of drug-likeness (QED) is 0.556. The van der Waals surface area contributed by atoms with E-state index in [4.69, 9.17) is 15.4 Å². The van der Waals surface area contributed by atoms with Crippen molar-refractivity contribution < 1.29 is 14.4 Å². The van der Waals surface area contributed by atoms with Crippen molar-refractivity contribution in [2.45, 2.75) is 6.92 Å². The number of nitrogens with two attached hydrogens (primary N) is 1. The van der Waals surface area contributed by atoms with E-state index >= 15 is 0 Å². The molecule has 0 saturated heterocycles. The summed E-state index contributed by atoms with van der Waals surface area (Å²) >= 11 is 0. The summed E-state index contributed by atoms with van der Waals surface area (Å²) in [6.07, 6.45) is 1.35. The van der Waals surface area contributed by atoms with Crippen molar-refractivity contribution in [2.24, 2.45) is 0 Å². The molecule has 0 bridgehead atoms. The summed E-state index contributed by atoms with van der Waals surface area (Å²) in [5.41, 5.74) is 7.19. The fourth-order valence-electron chi connectivity index (χ4n) is 1.97. The lowest BCUT2D eigenvalue weighted by Gasteiger charge is -2.11. The molecular weight excluding hydrogens is 312 g/mol. The first-order chi connectivity index (χ1) is 11.5. The van der Waals surface area contributed by atoms with Crippen LogP contribution in [0, 0.1) is 6.92 Å². The molecule has 9 heteroatoms. The second kappa shape index (κ2) is 6.24. The molecule has 0 aliphatic rings. The molecule has 122 valence electrons. The Kier molecular flexibility index (Phi) is 3.98. The number of nitrogens with zero attached hydrogens (tertiary/aromatic N) is 3. The average molecular weight is 326 g/mol. The van der Waals surface area contributed by atoms with Crippen molar-refractivity contribution in [3.8, 4) is 0 Å². The molecule has 0 radical (unpaired) electrons. The van der Waals surface area contributed by atoms with Crippen molar-refractivity contribution in [3.05, 3.63) is 48.0 Å². The number of rotatable bonds is 5. The molecule has 0 aliphatic carbocycles.